The number of rotatable bonds is 5. The van der Waals surface area contributed by atoms with E-state index in [1.54, 1.807) is 42.9 Å². The lowest BCUT2D eigenvalue weighted by Gasteiger charge is -2.05. The average Bonchev–Trinajstić information content (AvgIpc) is 2.74. The van der Waals surface area contributed by atoms with Crippen LogP contribution in [0.4, 0.5) is 5.69 Å². The first-order valence-electron chi connectivity index (χ1n) is 6.69. The van der Waals surface area contributed by atoms with Crippen LogP contribution in [0.1, 0.15) is 28.2 Å². The average molecular weight is 322 g/mol. The van der Waals surface area contributed by atoms with E-state index in [1.165, 1.54) is 0 Å². The number of anilines is 1. The van der Waals surface area contributed by atoms with E-state index < -0.39 is 5.97 Å². The minimum absolute atomic E-state index is 0.0779. The van der Waals surface area contributed by atoms with Gasteiger partial charge in [0.2, 0.25) is 0 Å². The van der Waals surface area contributed by atoms with Crippen molar-refractivity contribution in [3.8, 4) is 0 Å². The lowest BCUT2D eigenvalue weighted by atomic mass is 10.1. The summed E-state index contributed by atoms with van der Waals surface area (Å²) in [5, 5.41) is 15.8. The fraction of sp³-hybridized carbons (Fsp3) is 0.267. The lowest BCUT2D eigenvalue weighted by Crippen LogP contribution is -2.13. The van der Waals surface area contributed by atoms with Gasteiger partial charge in [-0.05, 0) is 31.0 Å². The molecule has 0 saturated heterocycles. The molecule has 0 atom stereocenters. The van der Waals surface area contributed by atoms with Gasteiger partial charge in [0.25, 0.3) is 5.91 Å². The number of aliphatic carboxylic acids is 1. The van der Waals surface area contributed by atoms with Crippen molar-refractivity contribution in [2.45, 2.75) is 19.8 Å². The fourth-order valence-corrected chi connectivity index (χ4v) is 2.17. The number of amides is 1. The molecule has 2 rings (SSSR count). The summed E-state index contributed by atoms with van der Waals surface area (Å²) in [6, 6.07) is 7.01. The Morgan fingerprint density at radius 1 is 1.32 bits per heavy atom. The van der Waals surface area contributed by atoms with Crippen LogP contribution in [-0.2, 0) is 18.3 Å². The minimum atomic E-state index is -0.836. The molecule has 0 spiro atoms. The fourth-order valence-electron chi connectivity index (χ4n) is 1.92. The van der Waals surface area contributed by atoms with Crippen LogP contribution < -0.4 is 5.32 Å². The molecule has 2 N–H and O–H groups in total. The van der Waals surface area contributed by atoms with E-state index in [2.05, 4.69) is 10.4 Å². The van der Waals surface area contributed by atoms with E-state index in [4.69, 9.17) is 16.7 Å². The van der Waals surface area contributed by atoms with Gasteiger partial charge in [0.05, 0.1) is 10.7 Å². The molecule has 0 unspecified atom stereocenters. The molecule has 22 heavy (non-hydrogen) atoms. The van der Waals surface area contributed by atoms with Crippen LogP contribution in [0.25, 0.3) is 0 Å². The number of carboxylic acid groups (broad SMARTS) is 1. The second-order valence-electron chi connectivity index (χ2n) is 4.92. The quantitative estimate of drug-likeness (QED) is 0.886. The minimum Gasteiger partial charge on any atom is -0.481 e. The molecule has 1 aromatic heterocycles. The van der Waals surface area contributed by atoms with Crippen LogP contribution in [0, 0.1) is 6.92 Å². The van der Waals surface area contributed by atoms with Crippen LogP contribution >= 0.6 is 11.6 Å². The zero-order chi connectivity index (χ0) is 16.3. The Bertz CT molecular complexity index is 708. The second kappa shape index (κ2) is 6.62. The third-order valence-electron chi connectivity index (χ3n) is 3.32. The number of hydrogen-bond acceptors (Lipinski definition) is 3. The maximum atomic E-state index is 12.2. The standard InChI is InChI=1S/C15H16ClN3O3/c1-9-13(16)14(18-19(9)2)15(22)17-11-6-3-10(4-7-11)5-8-12(20)21/h3-4,6-7H,5,8H2,1-2H3,(H,17,22)(H,20,21). The summed E-state index contributed by atoms with van der Waals surface area (Å²) < 4.78 is 1.55. The molecule has 1 amide bonds. The summed E-state index contributed by atoms with van der Waals surface area (Å²) in [4.78, 5) is 22.7. The van der Waals surface area contributed by atoms with Crippen molar-refractivity contribution in [2.24, 2.45) is 7.05 Å². The maximum Gasteiger partial charge on any atom is 0.303 e. The van der Waals surface area contributed by atoms with E-state index in [0.717, 1.165) is 11.3 Å². The number of hydrogen-bond donors (Lipinski definition) is 2. The molecule has 0 bridgehead atoms. The number of carbonyl (C=O) groups excluding carboxylic acids is 1. The van der Waals surface area contributed by atoms with E-state index in [0.29, 0.717) is 17.1 Å². The van der Waals surface area contributed by atoms with Crippen LogP contribution in [0.5, 0.6) is 0 Å². The summed E-state index contributed by atoms with van der Waals surface area (Å²) >= 11 is 6.07. The third kappa shape index (κ3) is 3.65. The first-order chi connectivity index (χ1) is 10.4. The molecule has 2 aromatic rings. The van der Waals surface area contributed by atoms with Crippen LogP contribution in [0.2, 0.25) is 5.02 Å². The van der Waals surface area contributed by atoms with Gasteiger partial charge in [-0.25, -0.2) is 0 Å². The van der Waals surface area contributed by atoms with Gasteiger partial charge in [0.15, 0.2) is 5.69 Å². The SMILES string of the molecule is Cc1c(Cl)c(C(=O)Nc2ccc(CCC(=O)O)cc2)nn1C. The highest BCUT2D eigenvalue weighted by Gasteiger charge is 2.18. The number of carboxylic acids is 1. The Kier molecular flexibility index (Phi) is 4.82. The summed E-state index contributed by atoms with van der Waals surface area (Å²) in [5.41, 5.74) is 2.39. The molecular formula is C15H16ClN3O3. The highest BCUT2D eigenvalue weighted by Crippen LogP contribution is 2.20. The zero-order valence-electron chi connectivity index (χ0n) is 12.3. The molecule has 0 saturated carbocycles. The van der Waals surface area contributed by atoms with E-state index >= 15 is 0 Å². The monoisotopic (exact) mass is 321 g/mol. The van der Waals surface area contributed by atoms with Gasteiger partial charge >= 0.3 is 5.97 Å². The number of aryl methyl sites for hydroxylation is 2. The second-order valence-corrected chi connectivity index (χ2v) is 5.29. The molecular weight excluding hydrogens is 306 g/mol. The first-order valence-corrected chi connectivity index (χ1v) is 7.07. The largest absolute Gasteiger partial charge is 0.481 e. The highest BCUT2D eigenvalue weighted by atomic mass is 35.5. The molecule has 0 aliphatic heterocycles. The lowest BCUT2D eigenvalue weighted by molar-refractivity contribution is -0.136. The highest BCUT2D eigenvalue weighted by molar-refractivity contribution is 6.34. The van der Waals surface area contributed by atoms with E-state index in [1.807, 2.05) is 0 Å². The number of nitrogens with zero attached hydrogens (tertiary/aromatic N) is 2. The molecule has 0 fully saturated rings. The van der Waals surface area contributed by atoms with Crippen molar-refractivity contribution in [3.63, 3.8) is 0 Å². The van der Waals surface area contributed by atoms with Crippen molar-refractivity contribution in [1.29, 1.82) is 0 Å². The first kappa shape index (κ1) is 16.0. The number of benzene rings is 1. The van der Waals surface area contributed by atoms with Crippen molar-refractivity contribution < 1.29 is 14.7 Å². The number of halogens is 1. The van der Waals surface area contributed by atoms with Crippen LogP contribution in [-0.4, -0.2) is 26.8 Å². The van der Waals surface area contributed by atoms with E-state index in [9.17, 15) is 9.59 Å². The van der Waals surface area contributed by atoms with Gasteiger partial charge < -0.3 is 10.4 Å². The Morgan fingerprint density at radius 2 is 1.95 bits per heavy atom. The maximum absolute atomic E-state index is 12.2. The van der Waals surface area contributed by atoms with Gasteiger partial charge in [0.1, 0.15) is 0 Å². The van der Waals surface area contributed by atoms with Gasteiger partial charge in [-0.15, -0.1) is 0 Å². The molecule has 1 aromatic carbocycles. The van der Waals surface area contributed by atoms with Crippen molar-refractivity contribution in [2.75, 3.05) is 5.32 Å². The van der Waals surface area contributed by atoms with Crippen LogP contribution in [0.15, 0.2) is 24.3 Å². The smallest absolute Gasteiger partial charge is 0.303 e. The Balaban J connectivity index is 2.05. The Morgan fingerprint density at radius 3 is 2.45 bits per heavy atom. The molecule has 116 valence electrons. The Labute approximate surface area is 132 Å². The third-order valence-corrected chi connectivity index (χ3v) is 3.77. The Hall–Kier alpha value is -2.34. The van der Waals surface area contributed by atoms with Crippen molar-refractivity contribution in [3.05, 3.63) is 46.2 Å². The van der Waals surface area contributed by atoms with Gasteiger partial charge in [-0.3, -0.25) is 14.3 Å². The van der Waals surface area contributed by atoms with Gasteiger partial charge in [-0.2, -0.15) is 5.10 Å². The molecule has 7 heteroatoms. The molecule has 0 radical (unpaired) electrons. The van der Waals surface area contributed by atoms with E-state index in [-0.39, 0.29) is 18.0 Å². The van der Waals surface area contributed by atoms with Crippen LogP contribution in [0.3, 0.4) is 0 Å². The van der Waals surface area contributed by atoms with Gasteiger partial charge in [0, 0.05) is 19.2 Å². The number of nitrogens with one attached hydrogen (secondary N) is 1. The van der Waals surface area contributed by atoms with Gasteiger partial charge in [-0.1, -0.05) is 23.7 Å². The summed E-state index contributed by atoms with van der Waals surface area (Å²) in [5.74, 6) is -1.22. The predicted molar refractivity (Wildman–Crippen MR) is 83.3 cm³/mol. The topological polar surface area (TPSA) is 84.2 Å². The zero-order valence-corrected chi connectivity index (χ0v) is 13.0. The normalized spacial score (nSPS) is 10.5. The summed E-state index contributed by atoms with van der Waals surface area (Å²) in [7, 11) is 1.72. The molecule has 1 heterocycles. The summed E-state index contributed by atoms with van der Waals surface area (Å²) in [6.07, 6.45) is 0.531. The predicted octanol–water partition coefficient (Wildman–Crippen LogP) is 2.65. The molecule has 0 aliphatic rings. The van der Waals surface area contributed by atoms with Crippen molar-refractivity contribution >= 4 is 29.2 Å². The summed E-state index contributed by atoms with van der Waals surface area (Å²) in [6.45, 7) is 1.78. The molecule has 0 aliphatic carbocycles. The number of aromatic nitrogens is 2. The van der Waals surface area contributed by atoms with Crippen molar-refractivity contribution in [1.82, 2.24) is 9.78 Å². The number of carbonyl (C=O) groups is 2. The molecule has 6 nitrogen and oxygen atoms in total.